The minimum absolute atomic E-state index is 0.370. The third kappa shape index (κ3) is 3.24. The summed E-state index contributed by atoms with van der Waals surface area (Å²) < 4.78 is 11.0. The molecule has 2 aliphatic rings. The van der Waals surface area contributed by atoms with Crippen LogP contribution in [0.5, 0.6) is 0 Å². The van der Waals surface area contributed by atoms with Gasteiger partial charge in [0.2, 0.25) is 0 Å². The second-order valence-corrected chi connectivity index (χ2v) is 6.95. The molecule has 128 valence electrons. The number of nitrogens with zero attached hydrogens (tertiary/aromatic N) is 3. The largest absolute Gasteiger partial charge is 0.472 e. The van der Waals surface area contributed by atoms with E-state index in [1.54, 1.807) is 6.26 Å². The molecule has 0 unspecified atom stereocenters. The van der Waals surface area contributed by atoms with E-state index in [9.17, 15) is 0 Å². The van der Waals surface area contributed by atoms with Crippen LogP contribution in [0.2, 0.25) is 0 Å². The second kappa shape index (κ2) is 7.05. The van der Waals surface area contributed by atoms with Crippen molar-refractivity contribution in [1.82, 2.24) is 14.8 Å². The van der Waals surface area contributed by atoms with Gasteiger partial charge in [-0.15, -0.1) is 0 Å². The highest BCUT2D eigenvalue weighted by Crippen LogP contribution is 2.34. The molecule has 2 aromatic heterocycles. The molecule has 2 saturated heterocycles. The predicted octanol–water partition coefficient (Wildman–Crippen LogP) is 2.40. The van der Waals surface area contributed by atoms with Crippen LogP contribution < -0.4 is 0 Å². The number of hydrogen-bond donors (Lipinski definition) is 0. The van der Waals surface area contributed by atoms with Gasteiger partial charge in [0.05, 0.1) is 18.6 Å². The third-order valence-electron chi connectivity index (χ3n) is 5.45. The van der Waals surface area contributed by atoms with Gasteiger partial charge in [-0.2, -0.15) is 0 Å². The summed E-state index contributed by atoms with van der Waals surface area (Å²) in [7, 11) is 1.86. The summed E-state index contributed by atoms with van der Waals surface area (Å²) in [5.74, 6) is 0.576. The molecule has 2 aliphatic heterocycles. The van der Waals surface area contributed by atoms with E-state index < -0.39 is 0 Å². The highest BCUT2D eigenvalue weighted by molar-refractivity contribution is 5.11. The number of ether oxygens (including phenoxy) is 1. The average Bonchev–Trinajstić information content (AvgIpc) is 3.26. The molecule has 4 rings (SSSR count). The first-order valence-electron chi connectivity index (χ1n) is 8.72. The number of pyridine rings is 1. The Hall–Kier alpha value is -1.69. The minimum Gasteiger partial charge on any atom is -0.472 e. The van der Waals surface area contributed by atoms with Gasteiger partial charge in [-0.3, -0.25) is 14.8 Å². The Morgan fingerprint density at radius 3 is 2.96 bits per heavy atom. The van der Waals surface area contributed by atoms with Gasteiger partial charge >= 0.3 is 0 Å². The van der Waals surface area contributed by atoms with E-state index in [-0.39, 0.29) is 0 Å². The third-order valence-corrected chi connectivity index (χ3v) is 5.45. The van der Waals surface area contributed by atoms with Crippen molar-refractivity contribution in [3.05, 3.63) is 54.2 Å². The SMILES string of the molecule is CO[C@@H]1CCN(Cc2ccoc2)[C@@H]2CN(Cc3cccnc3)C[C@@H]21. The molecule has 5 heteroatoms. The first kappa shape index (κ1) is 15.8. The fourth-order valence-electron chi connectivity index (χ4n) is 4.30. The molecule has 0 bridgehead atoms. The van der Waals surface area contributed by atoms with E-state index in [2.05, 4.69) is 26.9 Å². The Morgan fingerprint density at radius 1 is 1.25 bits per heavy atom. The van der Waals surface area contributed by atoms with E-state index in [1.807, 2.05) is 31.8 Å². The van der Waals surface area contributed by atoms with Crippen LogP contribution in [0.4, 0.5) is 0 Å². The normalized spacial score (nSPS) is 28.1. The molecule has 0 aliphatic carbocycles. The summed E-state index contributed by atoms with van der Waals surface area (Å²) in [6.45, 7) is 5.22. The summed E-state index contributed by atoms with van der Waals surface area (Å²) in [6.07, 6.45) is 8.91. The van der Waals surface area contributed by atoms with Gasteiger partial charge in [-0.05, 0) is 24.1 Å². The van der Waals surface area contributed by atoms with Crippen LogP contribution in [0, 0.1) is 5.92 Å². The fourth-order valence-corrected chi connectivity index (χ4v) is 4.30. The maximum atomic E-state index is 5.80. The Kier molecular flexibility index (Phi) is 4.65. The molecular formula is C19H25N3O2. The summed E-state index contributed by atoms with van der Waals surface area (Å²) in [5, 5.41) is 0. The monoisotopic (exact) mass is 327 g/mol. The first-order valence-corrected chi connectivity index (χ1v) is 8.72. The zero-order valence-electron chi connectivity index (χ0n) is 14.2. The van der Waals surface area contributed by atoms with Crippen molar-refractivity contribution >= 4 is 0 Å². The molecule has 2 aromatic rings. The Labute approximate surface area is 143 Å². The zero-order valence-corrected chi connectivity index (χ0v) is 14.2. The van der Waals surface area contributed by atoms with Crippen LogP contribution >= 0.6 is 0 Å². The molecule has 0 radical (unpaired) electrons. The van der Waals surface area contributed by atoms with Crippen LogP contribution in [0.15, 0.2) is 47.5 Å². The van der Waals surface area contributed by atoms with E-state index in [4.69, 9.17) is 9.15 Å². The standard InChI is InChI=1S/C19H25N3O2/c1-23-19-4-7-22(11-16-5-8-24-14-16)18-13-21(12-17(18)19)10-15-3-2-6-20-9-15/h2-3,5-6,8-9,14,17-19H,4,7,10-13H2,1H3/t17-,18+,19+/m0/s1. The average molecular weight is 327 g/mol. The number of hydrogen-bond acceptors (Lipinski definition) is 5. The first-order chi connectivity index (χ1) is 11.8. The molecule has 4 heterocycles. The smallest absolute Gasteiger partial charge is 0.0947 e. The van der Waals surface area contributed by atoms with E-state index in [1.165, 1.54) is 11.1 Å². The predicted molar refractivity (Wildman–Crippen MR) is 91.3 cm³/mol. The highest BCUT2D eigenvalue weighted by Gasteiger charge is 2.44. The molecule has 0 spiro atoms. The van der Waals surface area contributed by atoms with Gasteiger partial charge in [-0.1, -0.05) is 6.07 Å². The lowest BCUT2D eigenvalue weighted by Gasteiger charge is -2.41. The van der Waals surface area contributed by atoms with Gasteiger partial charge < -0.3 is 9.15 Å². The summed E-state index contributed by atoms with van der Waals surface area (Å²) in [5.41, 5.74) is 2.54. The maximum absolute atomic E-state index is 5.80. The number of furan rings is 1. The van der Waals surface area contributed by atoms with E-state index in [0.717, 1.165) is 39.1 Å². The van der Waals surface area contributed by atoms with Crippen molar-refractivity contribution in [2.24, 2.45) is 5.92 Å². The lowest BCUT2D eigenvalue weighted by Crippen LogP contribution is -2.50. The van der Waals surface area contributed by atoms with Crippen LogP contribution in [0.1, 0.15) is 17.5 Å². The number of fused-ring (bicyclic) bond motifs is 1. The summed E-state index contributed by atoms with van der Waals surface area (Å²) in [4.78, 5) is 9.39. The van der Waals surface area contributed by atoms with Gasteiger partial charge in [-0.25, -0.2) is 0 Å². The summed E-state index contributed by atoms with van der Waals surface area (Å²) >= 11 is 0. The molecule has 0 aromatic carbocycles. The second-order valence-electron chi connectivity index (χ2n) is 6.95. The van der Waals surface area contributed by atoms with Crippen molar-refractivity contribution in [3.63, 3.8) is 0 Å². The lowest BCUT2D eigenvalue weighted by atomic mass is 9.89. The van der Waals surface area contributed by atoms with Crippen molar-refractivity contribution < 1.29 is 9.15 Å². The van der Waals surface area contributed by atoms with Crippen LogP contribution in [-0.2, 0) is 17.8 Å². The number of aromatic nitrogens is 1. The molecule has 0 saturated carbocycles. The molecule has 3 atom stereocenters. The van der Waals surface area contributed by atoms with Gasteiger partial charge in [0.1, 0.15) is 0 Å². The van der Waals surface area contributed by atoms with Crippen LogP contribution in [-0.4, -0.2) is 53.7 Å². The lowest BCUT2D eigenvalue weighted by molar-refractivity contribution is -0.0245. The molecule has 5 nitrogen and oxygen atoms in total. The molecule has 24 heavy (non-hydrogen) atoms. The van der Waals surface area contributed by atoms with Gasteiger partial charge in [0.15, 0.2) is 0 Å². The number of piperidine rings is 1. The molecular weight excluding hydrogens is 302 g/mol. The number of likely N-dealkylation sites (tertiary alicyclic amines) is 2. The van der Waals surface area contributed by atoms with Crippen LogP contribution in [0.25, 0.3) is 0 Å². The quantitative estimate of drug-likeness (QED) is 0.843. The minimum atomic E-state index is 0.370. The van der Waals surface area contributed by atoms with Crippen molar-refractivity contribution in [2.75, 3.05) is 26.7 Å². The Balaban J connectivity index is 1.47. The Bertz CT molecular complexity index is 631. The van der Waals surface area contributed by atoms with Gasteiger partial charge in [0.25, 0.3) is 0 Å². The Morgan fingerprint density at radius 2 is 2.21 bits per heavy atom. The van der Waals surface area contributed by atoms with Crippen molar-refractivity contribution in [3.8, 4) is 0 Å². The fraction of sp³-hybridized carbons (Fsp3) is 0.526. The van der Waals surface area contributed by atoms with Crippen molar-refractivity contribution in [2.45, 2.75) is 31.7 Å². The zero-order chi connectivity index (χ0) is 16.4. The number of methoxy groups -OCH3 is 1. The highest BCUT2D eigenvalue weighted by atomic mass is 16.5. The van der Waals surface area contributed by atoms with E-state index >= 15 is 0 Å². The maximum Gasteiger partial charge on any atom is 0.0947 e. The molecule has 0 amide bonds. The topological polar surface area (TPSA) is 41.7 Å². The van der Waals surface area contributed by atoms with Crippen molar-refractivity contribution in [1.29, 1.82) is 0 Å². The van der Waals surface area contributed by atoms with Gasteiger partial charge in [0, 0.05) is 69.8 Å². The number of rotatable bonds is 5. The summed E-state index contributed by atoms with van der Waals surface area (Å²) in [6, 6.07) is 6.79. The molecule has 0 N–H and O–H groups in total. The molecule has 2 fully saturated rings. The van der Waals surface area contributed by atoms with Crippen LogP contribution in [0.3, 0.4) is 0 Å². The van der Waals surface area contributed by atoms with E-state index in [0.29, 0.717) is 18.1 Å².